The molecule has 3 rings (SSSR count). The summed E-state index contributed by atoms with van der Waals surface area (Å²) in [5.41, 5.74) is 0.761. The Balaban J connectivity index is 2.12. The first-order valence-corrected chi connectivity index (χ1v) is 8.12. The molecule has 6 nitrogen and oxygen atoms in total. The van der Waals surface area contributed by atoms with Crippen LogP contribution in [0.15, 0.2) is 47.4 Å². The number of methoxy groups -OCH3 is 1. The monoisotopic (exact) mass is 336 g/mol. The highest BCUT2D eigenvalue weighted by Crippen LogP contribution is 2.34. The minimum absolute atomic E-state index is 0.153. The maximum atomic E-state index is 13.5. The van der Waals surface area contributed by atoms with Gasteiger partial charge in [-0.3, -0.25) is 9.10 Å². The molecule has 1 amide bonds. The van der Waals surface area contributed by atoms with Crippen LogP contribution in [-0.2, 0) is 14.8 Å². The molecule has 2 aromatic carbocycles. The highest BCUT2D eigenvalue weighted by atomic mass is 32.2. The molecule has 1 N–H and O–H groups in total. The first kappa shape index (κ1) is 15.3. The van der Waals surface area contributed by atoms with Crippen LogP contribution < -0.4 is 14.4 Å². The molecule has 0 bridgehead atoms. The number of carbonyl (C=O) groups is 1. The van der Waals surface area contributed by atoms with Crippen LogP contribution in [-0.4, -0.2) is 28.0 Å². The van der Waals surface area contributed by atoms with E-state index in [1.54, 1.807) is 24.3 Å². The van der Waals surface area contributed by atoms with Gasteiger partial charge in [0.2, 0.25) is 5.91 Å². The molecule has 120 valence electrons. The molecule has 1 aliphatic rings. The lowest BCUT2D eigenvalue weighted by Gasteiger charge is -2.30. The molecule has 0 fully saturated rings. The molecule has 0 aliphatic carbocycles. The molecular weight excluding hydrogens is 323 g/mol. The molecule has 0 radical (unpaired) electrons. The van der Waals surface area contributed by atoms with Gasteiger partial charge >= 0.3 is 0 Å². The highest BCUT2D eigenvalue weighted by Gasteiger charge is 2.32. The second-order valence-electron chi connectivity index (χ2n) is 4.87. The summed E-state index contributed by atoms with van der Waals surface area (Å²) in [6.07, 6.45) is 0. The van der Waals surface area contributed by atoms with E-state index in [9.17, 15) is 17.6 Å². The van der Waals surface area contributed by atoms with Gasteiger partial charge in [-0.05, 0) is 24.3 Å². The van der Waals surface area contributed by atoms with Crippen molar-refractivity contribution in [1.82, 2.24) is 0 Å². The number of benzene rings is 2. The van der Waals surface area contributed by atoms with Gasteiger partial charge in [0, 0.05) is 6.07 Å². The zero-order chi connectivity index (χ0) is 16.6. The Morgan fingerprint density at radius 3 is 2.70 bits per heavy atom. The molecule has 1 heterocycles. The quantitative estimate of drug-likeness (QED) is 0.930. The van der Waals surface area contributed by atoms with Crippen molar-refractivity contribution in [2.75, 3.05) is 23.3 Å². The van der Waals surface area contributed by atoms with Gasteiger partial charge in [-0.25, -0.2) is 12.8 Å². The van der Waals surface area contributed by atoms with E-state index in [1.165, 1.54) is 7.11 Å². The topological polar surface area (TPSA) is 75.7 Å². The Hall–Kier alpha value is -2.61. The fourth-order valence-corrected chi connectivity index (χ4v) is 3.80. The van der Waals surface area contributed by atoms with Crippen LogP contribution in [0.25, 0.3) is 0 Å². The van der Waals surface area contributed by atoms with Crippen LogP contribution in [0, 0.1) is 5.82 Å². The van der Waals surface area contributed by atoms with Crippen molar-refractivity contribution >= 4 is 27.3 Å². The molecule has 8 heteroatoms. The van der Waals surface area contributed by atoms with E-state index in [0.717, 1.165) is 22.5 Å². The molecule has 0 unspecified atom stereocenters. The predicted molar refractivity (Wildman–Crippen MR) is 82.6 cm³/mol. The van der Waals surface area contributed by atoms with Crippen molar-refractivity contribution in [3.05, 3.63) is 48.3 Å². The summed E-state index contributed by atoms with van der Waals surface area (Å²) in [4.78, 5) is 11.6. The van der Waals surface area contributed by atoms with Crippen molar-refractivity contribution < 1.29 is 22.3 Å². The normalized spacial score (nSPS) is 14.2. The summed E-state index contributed by atoms with van der Waals surface area (Å²) in [5, 5.41) is 2.62. The van der Waals surface area contributed by atoms with E-state index in [1.807, 2.05) is 0 Å². The Bertz CT molecular complexity index is 883. The Morgan fingerprint density at radius 1 is 1.22 bits per heavy atom. The van der Waals surface area contributed by atoms with Crippen molar-refractivity contribution in [2.24, 2.45) is 0 Å². The van der Waals surface area contributed by atoms with Gasteiger partial charge < -0.3 is 10.1 Å². The first-order chi connectivity index (χ1) is 10.9. The maximum absolute atomic E-state index is 13.5. The number of halogens is 1. The van der Waals surface area contributed by atoms with Gasteiger partial charge in [-0.1, -0.05) is 12.1 Å². The SMILES string of the molecule is COc1cc(S(=O)(=O)N2CC(=O)Nc3ccccc32)ccc1F. The lowest BCUT2D eigenvalue weighted by atomic mass is 10.2. The Kier molecular flexibility index (Phi) is 3.69. The van der Waals surface area contributed by atoms with Gasteiger partial charge in [0.15, 0.2) is 11.6 Å². The number of fused-ring (bicyclic) bond motifs is 1. The molecular formula is C15H13FN2O4S. The molecule has 0 saturated carbocycles. The van der Waals surface area contributed by atoms with Crippen molar-refractivity contribution in [1.29, 1.82) is 0 Å². The number of hydrogen-bond acceptors (Lipinski definition) is 4. The second kappa shape index (κ2) is 5.54. The van der Waals surface area contributed by atoms with Crippen LogP contribution in [0.2, 0.25) is 0 Å². The van der Waals surface area contributed by atoms with Crippen LogP contribution in [0.4, 0.5) is 15.8 Å². The highest BCUT2D eigenvalue weighted by molar-refractivity contribution is 7.92. The second-order valence-corrected chi connectivity index (χ2v) is 6.74. The number of para-hydroxylation sites is 2. The number of sulfonamides is 1. The number of amides is 1. The summed E-state index contributed by atoms with van der Waals surface area (Å²) in [5.74, 6) is -1.29. The molecule has 1 aliphatic heterocycles. The van der Waals surface area contributed by atoms with E-state index in [4.69, 9.17) is 4.74 Å². The average Bonchev–Trinajstić information content (AvgIpc) is 2.54. The number of hydrogen-bond donors (Lipinski definition) is 1. The van der Waals surface area contributed by atoms with Gasteiger partial charge in [-0.2, -0.15) is 0 Å². The third-order valence-electron chi connectivity index (χ3n) is 3.44. The lowest BCUT2D eigenvalue weighted by Crippen LogP contribution is -2.42. The summed E-state index contributed by atoms with van der Waals surface area (Å²) in [6.45, 7) is -0.348. The number of anilines is 2. The van der Waals surface area contributed by atoms with Gasteiger partial charge in [-0.15, -0.1) is 0 Å². The number of carbonyl (C=O) groups excluding carboxylic acids is 1. The minimum Gasteiger partial charge on any atom is -0.494 e. The van der Waals surface area contributed by atoms with Crippen LogP contribution >= 0.6 is 0 Å². The van der Waals surface area contributed by atoms with E-state index in [-0.39, 0.29) is 17.2 Å². The van der Waals surface area contributed by atoms with E-state index >= 15 is 0 Å². The molecule has 23 heavy (non-hydrogen) atoms. The first-order valence-electron chi connectivity index (χ1n) is 6.68. The van der Waals surface area contributed by atoms with E-state index in [0.29, 0.717) is 11.4 Å². The number of rotatable bonds is 3. The summed E-state index contributed by atoms with van der Waals surface area (Å²) >= 11 is 0. The van der Waals surface area contributed by atoms with Crippen LogP contribution in [0.1, 0.15) is 0 Å². The minimum atomic E-state index is -4.03. The fraction of sp³-hybridized carbons (Fsp3) is 0.133. The molecule has 0 aromatic heterocycles. The fourth-order valence-electron chi connectivity index (χ4n) is 2.34. The van der Waals surface area contributed by atoms with E-state index in [2.05, 4.69) is 5.32 Å². The van der Waals surface area contributed by atoms with Crippen LogP contribution in [0.5, 0.6) is 5.75 Å². The predicted octanol–water partition coefficient (Wildman–Crippen LogP) is 1.98. The van der Waals surface area contributed by atoms with Crippen molar-refractivity contribution in [3.8, 4) is 5.75 Å². The lowest BCUT2D eigenvalue weighted by molar-refractivity contribution is -0.115. The molecule has 0 spiro atoms. The largest absolute Gasteiger partial charge is 0.494 e. The summed E-state index contributed by atoms with van der Waals surface area (Å²) < 4.78 is 45.0. The average molecular weight is 336 g/mol. The summed E-state index contributed by atoms with van der Waals surface area (Å²) in [7, 11) is -2.78. The molecule has 0 saturated heterocycles. The zero-order valence-corrected chi connectivity index (χ0v) is 12.9. The standard InChI is InChI=1S/C15H13FN2O4S/c1-22-14-8-10(6-7-11(14)16)23(20,21)18-9-15(19)17-12-4-2-3-5-13(12)18/h2-8H,9H2,1H3,(H,17,19). The maximum Gasteiger partial charge on any atom is 0.265 e. The third kappa shape index (κ3) is 2.61. The van der Waals surface area contributed by atoms with Crippen LogP contribution in [0.3, 0.4) is 0 Å². The molecule has 2 aromatic rings. The molecule has 0 atom stereocenters. The van der Waals surface area contributed by atoms with Crippen molar-refractivity contribution in [3.63, 3.8) is 0 Å². The number of nitrogens with one attached hydrogen (secondary N) is 1. The summed E-state index contributed by atoms with van der Waals surface area (Å²) in [6, 6.07) is 9.82. The van der Waals surface area contributed by atoms with Gasteiger partial charge in [0.25, 0.3) is 10.0 Å². The van der Waals surface area contributed by atoms with Crippen molar-refractivity contribution in [2.45, 2.75) is 4.90 Å². The van der Waals surface area contributed by atoms with Gasteiger partial charge in [0.1, 0.15) is 6.54 Å². The third-order valence-corrected chi connectivity index (χ3v) is 5.20. The van der Waals surface area contributed by atoms with E-state index < -0.39 is 21.7 Å². The zero-order valence-electron chi connectivity index (χ0n) is 12.1. The smallest absolute Gasteiger partial charge is 0.265 e. The number of ether oxygens (including phenoxy) is 1. The Labute approximate surface area is 132 Å². The Morgan fingerprint density at radius 2 is 1.96 bits per heavy atom. The number of nitrogens with zero attached hydrogens (tertiary/aromatic N) is 1. The van der Waals surface area contributed by atoms with Gasteiger partial charge in [0.05, 0.1) is 23.4 Å².